The summed E-state index contributed by atoms with van der Waals surface area (Å²) >= 11 is 0. The highest BCUT2D eigenvalue weighted by Crippen LogP contribution is 2.46. The fraction of sp³-hybridized carbons (Fsp3) is 0.632. The molecule has 0 spiro atoms. The van der Waals surface area contributed by atoms with Gasteiger partial charge in [0.1, 0.15) is 0 Å². The van der Waals surface area contributed by atoms with Gasteiger partial charge in [-0.3, -0.25) is 0 Å². The average Bonchev–Trinajstić information content (AvgIpc) is 3.29. The van der Waals surface area contributed by atoms with Crippen molar-refractivity contribution in [1.29, 1.82) is 0 Å². The summed E-state index contributed by atoms with van der Waals surface area (Å²) in [6.07, 6.45) is 4.20. The molecule has 142 valence electrons. The molecule has 3 fully saturated rings. The van der Waals surface area contributed by atoms with Crippen LogP contribution in [0, 0.1) is 5.92 Å². The molecule has 1 aromatic carbocycles. The van der Waals surface area contributed by atoms with Crippen LogP contribution in [-0.4, -0.2) is 74.1 Å². The van der Waals surface area contributed by atoms with Gasteiger partial charge in [-0.15, -0.1) is 0 Å². The maximum atomic E-state index is 13.0. The van der Waals surface area contributed by atoms with Crippen LogP contribution in [0.25, 0.3) is 0 Å². The number of hydrogen-bond donors (Lipinski definition) is 0. The van der Waals surface area contributed by atoms with Crippen LogP contribution < -0.4 is 0 Å². The number of fused-ring (bicyclic) bond motifs is 1. The van der Waals surface area contributed by atoms with E-state index in [-0.39, 0.29) is 17.4 Å². The molecule has 0 aliphatic carbocycles. The first-order valence-electron chi connectivity index (χ1n) is 9.45. The first kappa shape index (κ1) is 17.8. The van der Waals surface area contributed by atoms with Crippen LogP contribution in [-0.2, 0) is 15.4 Å². The fourth-order valence-electron chi connectivity index (χ4n) is 4.95. The van der Waals surface area contributed by atoms with Crippen molar-refractivity contribution in [2.75, 3.05) is 45.5 Å². The third kappa shape index (κ3) is 3.01. The number of amides is 2. The number of benzene rings is 1. The normalized spacial score (nSPS) is 29.8. The SMILES string of the molecule is CS(=O)(=O)N1CC[C@@]2(c3ccccc3)CN(C(=O)N3CCCC3)C[C@@H]2C1. The van der Waals surface area contributed by atoms with Gasteiger partial charge < -0.3 is 9.80 Å². The molecule has 0 unspecified atom stereocenters. The van der Waals surface area contributed by atoms with Crippen molar-refractivity contribution in [1.82, 2.24) is 14.1 Å². The Hall–Kier alpha value is -1.60. The van der Waals surface area contributed by atoms with Gasteiger partial charge in [0.05, 0.1) is 6.26 Å². The predicted molar refractivity (Wildman–Crippen MR) is 100 cm³/mol. The van der Waals surface area contributed by atoms with E-state index >= 15 is 0 Å². The second-order valence-corrected chi connectivity index (χ2v) is 9.93. The van der Waals surface area contributed by atoms with E-state index in [9.17, 15) is 13.2 Å². The monoisotopic (exact) mass is 377 g/mol. The summed E-state index contributed by atoms with van der Waals surface area (Å²) < 4.78 is 25.7. The van der Waals surface area contributed by atoms with E-state index in [0.717, 1.165) is 32.4 Å². The summed E-state index contributed by atoms with van der Waals surface area (Å²) in [6, 6.07) is 10.5. The Morgan fingerprint density at radius 3 is 2.38 bits per heavy atom. The highest BCUT2D eigenvalue weighted by molar-refractivity contribution is 7.88. The molecule has 0 aromatic heterocycles. The molecule has 0 bridgehead atoms. The number of carbonyl (C=O) groups excluding carboxylic acids is 1. The highest BCUT2D eigenvalue weighted by atomic mass is 32.2. The van der Waals surface area contributed by atoms with Crippen molar-refractivity contribution in [3.05, 3.63) is 35.9 Å². The van der Waals surface area contributed by atoms with Crippen LogP contribution in [0.2, 0.25) is 0 Å². The van der Waals surface area contributed by atoms with E-state index in [0.29, 0.717) is 26.2 Å². The van der Waals surface area contributed by atoms with Crippen LogP contribution in [0.4, 0.5) is 4.79 Å². The summed E-state index contributed by atoms with van der Waals surface area (Å²) in [5.74, 6) is 0.139. The van der Waals surface area contributed by atoms with Crippen molar-refractivity contribution < 1.29 is 13.2 Å². The molecule has 1 aromatic rings. The Bertz CT molecular complexity index is 776. The van der Waals surface area contributed by atoms with Gasteiger partial charge in [-0.2, -0.15) is 0 Å². The molecule has 2 atom stereocenters. The Kier molecular flexibility index (Phi) is 4.47. The molecule has 7 heteroatoms. The first-order chi connectivity index (χ1) is 12.4. The Balaban J connectivity index is 1.64. The molecule has 2 amide bonds. The maximum absolute atomic E-state index is 13.0. The van der Waals surface area contributed by atoms with Crippen LogP contribution in [0.5, 0.6) is 0 Å². The number of rotatable bonds is 2. The second-order valence-electron chi connectivity index (χ2n) is 7.95. The lowest BCUT2D eigenvalue weighted by Crippen LogP contribution is -2.51. The number of hydrogen-bond acceptors (Lipinski definition) is 3. The number of sulfonamides is 1. The minimum Gasteiger partial charge on any atom is -0.325 e. The van der Waals surface area contributed by atoms with E-state index in [1.807, 2.05) is 28.0 Å². The van der Waals surface area contributed by atoms with E-state index < -0.39 is 10.0 Å². The minimum atomic E-state index is -3.21. The van der Waals surface area contributed by atoms with E-state index in [4.69, 9.17) is 0 Å². The lowest BCUT2D eigenvalue weighted by Gasteiger charge is -2.42. The highest BCUT2D eigenvalue weighted by Gasteiger charge is 2.53. The molecule has 0 N–H and O–H groups in total. The van der Waals surface area contributed by atoms with Crippen LogP contribution >= 0.6 is 0 Å². The number of piperidine rings is 1. The van der Waals surface area contributed by atoms with Gasteiger partial charge in [-0.25, -0.2) is 17.5 Å². The smallest absolute Gasteiger partial charge is 0.320 e. The third-order valence-corrected chi connectivity index (χ3v) is 7.66. The van der Waals surface area contributed by atoms with Gasteiger partial charge in [0.2, 0.25) is 10.0 Å². The zero-order valence-corrected chi connectivity index (χ0v) is 16.1. The second kappa shape index (κ2) is 6.53. The van der Waals surface area contributed by atoms with Crippen molar-refractivity contribution in [3.63, 3.8) is 0 Å². The van der Waals surface area contributed by atoms with Crippen molar-refractivity contribution in [3.8, 4) is 0 Å². The summed E-state index contributed by atoms with van der Waals surface area (Å²) in [5.41, 5.74) is 1.09. The molecular formula is C19H27N3O3S. The number of carbonyl (C=O) groups is 1. The summed E-state index contributed by atoms with van der Waals surface area (Å²) in [7, 11) is -3.21. The maximum Gasteiger partial charge on any atom is 0.320 e. The van der Waals surface area contributed by atoms with E-state index in [1.54, 1.807) is 4.31 Å². The molecule has 3 saturated heterocycles. The Morgan fingerprint density at radius 2 is 1.73 bits per heavy atom. The first-order valence-corrected chi connectivity index (χ1v) is 11.3. The van der Waals surface area contributed by atoms with E-state index in [2.05, 4.69) is 12.1 Å². The van der Waals surface area contributed by atoms with Gasteiger partial charge in [0.15, 0.2) is 0 Å². The van der Waals surface area contributed by atoms with Gasteiger partial charge in [-0.05, 0) is 24.8 Å². The van der Waals surface area contributed by atoms with Crippen molar-refractivity contribution in [2.45, 2.75) is 24.7 Å². The van der Waals surface area contributed by atoms with Gasteiger partial charge >= 0.3 is 6.03 Å². The zero-order valence-electron chi connectivity index (χ0n) is 15.3. The summed E-state index contributed by atoms with van der Waals surface area (Å²) in [5, 5.41) is 0. The molecule has 3 heterocycles. The summed E-state index contributed by atoms with van der Waals surface area (Å²) in [4.78, 5) is 16.9. The largest absolute Gasteiger partial charge is 0.325 e. The average molecular weight is 378 g/mol. The molecular weight excluding hydrogens is 350 g/mol. The van der Waals surface area contributed by atoms with Gasteiger partial charge in [-0.1, -0.05) is 30.3 Å². The Labute approximate surface area is 155 Å². The number of likely N-dealkylation sites (tertiary alicyclic amines) is 2. The Morgan fingerprint density at radius 1 is 1.04 bits per heavy atom. The molecule has 3 aliphatic heterocycles. The standard InChI is InChI=1S/C19H27N3O3S/c1-26(24,25)22-12-9-19(16-7-3-2-4-8-16)15-21(13-17(19)14-22)18(23)20-10-5-6-11-20/h2-4,7-8,17H,5-6,9-15H2,1H3/t17-,19+/m1/s1. The van der Waals surface area contributed by atoms with Gasteiger partial charge in [0, 0.05) is 50.6 Å². The molecule has 3 aliphatic rings. The van der Waals surface area contributed by atoms with Gasteiger partial charge in [0.25, 0.3) is 0 Å². The quantitative estimate of drug-likeness (QED) is 0.789. The van der Waals surface area contributed by atoms with Crippen molar-refractivity contribution in [2.24, 2.45) is 5.92 Å². The van der Waals surface area contributed by atoms with Crippen LogP contribution in [0.15, 0.2) is 30.3 Å². The minimum absolute atomic E-state index is 0.123. The third-order valence-electron chi connectivity index (χ3n) is 6.39. The number of nitrogens with zero attached hydrogens (tertiary/aromatic N) is 3. The predicted octanol–water partition coefficient (Wildman–Crippen LogP) is 1.74. The number of urea groups is 1. The van der Waals surface area contributed by atoms with Crippen LogP contribution in [0.1, 0.15) is 24.8 Å². The lowest BCUT2D eigenvalue weighted by atomic mass is 9.68. The molecule has 0 radical (unpaired) electrons. The molecule has 4 rings (SSSR count). The van der Waals surface area contributed by atoms with Crippen molar-refractivity contribution >= 4 is 16.1 Å². The fourth-order valence-corrected chi connectivity index (χ4v) is 5.82. The molecule has 6 nitrogen and oxygen atoms in total. The topological polar surface area (TPSA) is 60.9 Å². The summed E-state index contributed by atoms with van der Waals surface area (Å²) in [6.45, 7) is 4.03. The lowest BCUT2D eigenvalue weighted by molar-refractivity contribution is 0.169. The van der Waals surface area contributed by atoms with E-state index in [1.165, 1.54) is 11.8 Å². The zero-order chi connectivity index (χ0) is 18.4. The molecule has 0 saturated carbocycles. The molecule has 26 heavy (non-hydrogen) atoms. The van der Waals surface area contributed by atoms with Crippen LogP contribution in [0.3, 0.4) is 0 Å².